The lowest BCUT2D eigenvalue weighted by Crippen LogP contribution is -2.49. The van der Waals surface area contributed by atoms with Crippen LogP contribution in [-0.2, 0) is 19.0 Å². The number of hydrogen-bond donors (Lipinski definition) is 0. The summed E-state index contributed by atoms with van der Waals surface area (Å²) in [7, 11) is 0. The molecule has 0 aromatic heterocycles. The van der Waals surface area contributed by atoms with E-state index in [4.69, 9.17) is 14.2 Å². The maximum absolute atomic E-state index is 11.7. The molecule has 2 aliphatic heterocycles. The highest BCUT2D eigenvalue weighted by molar-refractivity contribution is 5.70. The summed E-state index contributed by atoms with van der Waals surface area (Å²) in [5, 5.41) is 0. The average Bonchev–Trinajstić information content (AvgIpc) is 2.73. The van der Waals surface area contributed by atoms with Crippen molar-refractivity contribution in [1.29, 1.82) is 0 Å². The van der Waals surface area contributed by atoms with Crippen LogP contribution >= 0.6 is 0 Å². The van der Waals surface area contributed by atoms with Crippen molar-refractivity contribution in [1.82, 2.24) is 4.90 Å². The number of hydrogen-bond acceptors (Lipinski definition) is 5. The maximum Gasteiger partial charge on any atom is 0.307 e. The number of ether oxygens (including phenoxy) is 3. The van der Waals surface area contributed by atoms with Gasteiger partial charge in [-0.2, -0.15) is 0 Å². The molecule has 2 aliphatic rings. The van der Waals surface area contributed by atoms with Gasteiger partial charge in [0.1, 0.15) is 5.60 Å². The first kappa shape index (κ1) is 14.8. The fourth-order valence-electron chi connectivity index (χ4n) is 2.64. The van der Waals surface area contributed by atoms with Crippen LogP contribution in [0.4, 0.5) is 0 Å². The molecule has 0 radical (unpaired) electrons. The quantitative estimate of drug-likeness (QED) is 0.729. The van der Waals surface area contributed by atoms with Gasteiger partial charge in [0.2, 0.25) is 0 Å². The summed E-state index contributed by atoms with van der Waals surface area (Å²) in [6.07, 6.45) is 2.43. The number of carbonyl (C=O) groups excluding carboxylic acids is 1. The second kappa shape index (κ2) is 5.77. The smallest absolute Gasteiger partial charge is 0.307 e. The van der Waals surface area contributed by atoms with Crippen molar-refractivity contribution in [2.24, 2.45) is 0 Å². The third kappa shape index (κ3) is 4.44. The molecule has 5 nitrogen and oxygen atoms in total. The number of carbonyl (C=O) groups is 1. The predicted octanol–water partition coefficient (Wildman–Crippen LogP) is 1.56. The van der Waals surface area contributed by atoms with Crippen molar-refractivity contribution >= 4 is 5.97 Å². The Bertz CT molecular complexity index is 318. The van der Waals surface area contributed by atoms with Gasteiger partial charge < -0.3 is 14.2 Å². The molecular formula is C14H25NO4. The van der Waals surface area contributed by atoms with E-state index in [9.17, 15) is 4.79 Å². The van der Waals surface area contributed by atoms with Crippen LogP contribution in [0.1, 0.15) is 40.0 Å². The van der Waals surface area contributed by atoms with E-state index in [-0.39, 0.29) is 5.97 Å². The highest BCUT2D eigenvalue weighted by Crippen LogP contribution is 2.30. The normalized spacial score (nSPS) is 23.7. The first-order chi connectivity index (χ1) is 8.89. The lowest BCUT2D eigenvalue weighted by molar-refractivity contribution is -0.190. The zero-order valence-electron chi connectivity index (χ0n) is 12.2. The van der Waals surface area contributed by atoms with Crippen LogP contribution in [0.3, 0.4) is 0 Å². The Kier molecular flexibility index (Phi) is 4.48. The zero-order chi connectivity index (χ0) is 13.9. The Morgan fingerprint density at radius 2 is 2.00 bits per heavy atom. The van der Waals surface area contributed by atoms with Gasteiger partial charge in [0.05, 0.1) is 26.2 Å². The Morgan fingerprint density at radius 1 is 1.32 bits per heavy atom. The summed E-state index contributed by atoms with van der Waals surface area (Å²) in [6.45, 7) is 9.50. The van der Waals surface area contributed by atoms with Gasteiger partial charge in [-0.25, -0.2) is 0 Å². The second-order valence-electron chi connectivity index (χ2n) is 6.32. The highest BCUT2D eigenvalue weighted by Gasteiger charge is 2.40. The molecule has 1 spiro atoms. The summed E-state index contributed by atoms with van der Waals surface area (Å²) in [6, 6.07) is 0. The topological polar surface area (TPSA) is 48.0 Å². The van der Waals surface area contributed by atoms with Crippen molar-refractivity contribution in [2.75, 3.05) is 32.8 Å². The van der Waals surface area contributed by atoms with E-state index in [0.29, 0.717) is 26.2 Å². The standard InChI is InChI=1S/C14H25NO4/c1-13(2,3)19-12(16)5-8-15-7-4-6-14(11-15)17-9-10-18-14/h4-11H2,1-3H3. The van der Waals surface area contributed by atoms with Crippen molar-refractivity contribution in [3.8, 4) is 0 Å². The van der Waals surface area contributed by atoms with E-state index in [2.05, 4.69) is 4.90 Å². The van der Waals surface area contributed by atoms with Crippen molar-refractivity contribution in [3.05, 3.63) is 0 Å². The Balaban J connectivity index is 1.75. The molecule has 2 fully saturated rings. The van der Waals surface area contributed by atoms with E-state index in [0.717, 1.165) is 25.9 Å². The zero-order valence-corrected chi connectivity index (χ0v) is 12.2. The Labute approximate surface area is 115 Å². The molecule has 2 saturated heterocycles. The van der Waals surface area contributed by atoms with E-state index in [1.807, 2.05) is 20.8 Å². The minimum atomic E-state index is -0.411. The number of nitrogens with zero attached hydrogens (tertiary/aromatic N) is 1. The van der Waals surface area contributed by atoms with Crippen LogP contribution in [0.15, 0.2) is 0 Å². The molecule has 2 rings (SSSR count). The molecule has 0 saturated carbocycles. The van der Waals surface area contributed by atoms with Crippen LogP contribution in [0.2, 0.25) is 0 Å². The van der Waals surface area contributed by atoms with E-state index in [1.165, 1.54) is 0 Å². The van der Waals surface area contributed by atoms with Crippen LogP contribution in [-0.4, -0.2) is 55.1 Å². The molecule has 0 amide bonds. The summed E-state index contributed by atoms with van der Waals surface area (Å²) < 4.78 is 16.8. The van der Waals surface area contributed by atoms with Crippen LogP contribution < -0.4 is 0 Å². The van der Waals surface area contributed by atoms with Crippen LogP contribution in [0, 0.1) is 0 Å². The van der Waals surface area contributed by atoms with E-state index < -0.39 is 11.4 Å². The lowest BCUT2D eigenvalue weighted by Gasteiger charge is -2.38. The molecule has 2 heterocycles. The maximum atomic E-state index is 11.7. The number of piperidine rings is 1. The molecule has 0 aromatic rings. The summed E-state index contributed by atoms with van der Waals surface area (Å²) >= 11 is 0. The minimum absolute atomic E-state index is 0.139. The van der Waals surface area contributed by atoms with Crippen molar-refractivity contribution in [3.63, 3.8) is 0 Å². The minimum Gasteiger partial charge on any atom is -0.460 e. The average molecular weight is 271 g/mol. The van der Waals surface area contributed by atoms with E-state index in [1.54, 1.807) is 0 Å². The Hall–Kier alpha value is -0.650. The fourth-order valence-corrected chi connectivity index (χ4v) is 2.64. The predicted molar refractivity (Wildman–Crippen MR) is 70.8 cm³/mol. The fraction of sp³-hybridized carbons (Fsp3) is 0.929. The summed E-state index contributed by atoms with van der Waals surface area (Å²) in [5.41, 5.74) is -0.405. The number of rotatable bonds is 3. The molecule has 0 bridgehead atoms. The van der Waals surface area contributed by atoms with Gasteiger partial charge in [-0.05, 0) is 33.7 Å². The molecule has 0 atom stereocenters. The molecular weight excluding hydrogens is 246 g/mol. The summed E-state index contributed by atoms with van der Waals surface area (Å²) in [5.74, 6) is -0.549. The first-order valence-corrected chi connectivity index (χ1v) is 7.11. The van der Waals surface area contributed by atoms with Crippen molar-refractivity contribution in [2.45, 2.75) is 51.4 Å². The SMILES string of the molecule is CC(C)(C)OC(=O)CCN1CCCC2(C1)OCCO2. The van der Waals surface area contributed by atoms with Crippen molar-refractivity contribution < 1.29 is 19.0 Å². The van der Waals surface area contributed by atoms with Gasteiger partial charge in [0, 0.05) is 13.0 Å². The Morgan fingerprint density at radius 3 is 2.63 bits per heavy atom. The largest absolute Gasteiger partial charge is 0.460 e. The molecule has 0 unspecified atom stereocenters. The van der Waals surface area contributed by atoms with Gasteiger partial charge in [-0.1, -0.05) is 0 Å². The van der Waals surface area contributed by atoms with Gasteiger partial charge in [-0.15, -0.1) is 0 Å². The highest BCUT2D eigenvalue weighted by atomic mass is 16.7. The first-order valence-electron chi connectivity index (χ1n) is 7.11. The molecule has 110 valence electrons. The van der Waals surface area contributed by atoms with Gasteiger partial charge in [0.15, 0.2) is 5.79 Å². The molecule has 0 N–H and O–H groups in total. The van der Waals surface area contributed by atoms with Crippen LogP contribution in [0.5, 0.6) is 0 Å². The van der Waals surface area contributed by atoms with E-state index >= 15 is 0 Å². The third-order valence-corrected chi connectivity index (χ3v) is 3.36. The molecule has 0 aromatic carbocycles. The summed E-state index contributed by atoms with van der Waals surface area (Å²) in [4.78, 5) is 13.9. The monoisotopic (exact) mass is 271 g/mol. The van der Waals surface area contributed by atoms with Gasteiger partial charge in [-0.3, -0.25) is 9.69 Å². The number of likely N-dealkylation sites (tertiary alicyclic amines) is 1. The van der Waals surface area contributed by atoms with Gasteiger partial charge >= 0.3 is 5.97 Å². The lowest BCUT2D eigenvalue weighted by atomic mass is 10.0. The van der Waals surface area contributed by atoms with Gasteiger partial charge in [0.25, 0.3) is 0 Å². The molecule has 5 heteroatoms. The third-order valence-electron chi connectivity index (χ3n) is 3.36. The number of esters is 1. The van der Waals surface area contributed by atoms with Crippen LogP contribution in [0.25, 0.3) is 0 Å². The molecule has 19 heavy (non-hydrogen) atoms. The molecule has 0 aliphatic carbocycles. The second-order valence-corrected chi connectivity index (χ2v) is 6.32.